The first-order chi connectivity index (χ1) is 8.66. The van der Waals surface area contributed by atoms with Crippen LogP contribution in [0, 0.1) is 0 Å². The van der Waals surface area contributed by atoms with Crippen molar-refractivity contribution in [3.63, 3.8) is 0 Å². The second kappa shape index (κ2) is 5.65. The molecule has 0 aliphatic heterocycles. The van der Waals surface area contributed by atoms with Gasteiger partial charge in [0.15, 0.2) is 5.78 Å². The van der Waals surface area contributed by atoms with E-state index in [1.807, 2.05) is 66.8 Å². The largest absolute Gasteiger partial charge is 0.378 e. The van der Waals surface area contributed by atoms with E-state index in [1.165, 1.54) is 11.3 Å². The highest BCUT2D eigenvalue weighted by Crippen LogP contribution is 2.14. The molecule has 2 rings (SSSR count). The fourth-order valence-corrected chi connectivity index (χ4v) is 2.20. The van der Waals surface area contributed by atoms with E-state index in [9.17, 15) is 4.79 Å². The Morgan fingerprint density at radius 3 is 2.44 bits per heavy atom. The Morgan fingerprint density at radius 2 is 1.89 bits per heavy atom. The maximum Gasteiger partial charge on any atom is 0.195 e. The van der Waals surface area contributed by atoms with Gasteiger partial charge in [0.1, 0.15) is 0 Å². The molecule has 2 nitrogen and oxygen atoms in total. The Labute approximate surface area is 111 Å². The molecule has 0 saturated heterocycles. The van der Waals surface area contributed by atoms with E-state index in [0.717, 1.165) is 16.1 Å². The summed E-state index contributed by atoms with van der Waals surface area (Å²) in [7, 11) is 4.01. The molecule has 3 heteroatoms. The van der Waals surface area contributed by atoms with Gasteiger partial charge in [0, 0.05) is 19.8 Å². The van der Waals surface area contributed by atoms with Crippen molar-refractivity contribution < 1.29 is 4.79 Å². The third-order valence-electron chi connectivity index (χ3n) is 2.60. The SMILES string of the molecule is CN(C)c1ccc(/C=C\C(=O)c2cccs2)cc1. The van der Waals surface area contributed by atoms with Gasteiger partial charge in [-0.1, -0.05) is 24.3 Å². The summed E-state index contributed by atoms with van der Waals surface area (Å²) in [6.07, 6.45) is 3.47. The number of hydrogen-bond acceptors (Lipinski definition) is 3. The normalized spacial score (nSPS) is 10.8. The monoisotopic (exact) mass is 257 g/mol. The minimum absolute atomic E-state index is 0.0571. The van der Waals surface area contributed by atoms with Gasteiger partial charge < -0.3 is 4.90 Å². The van der Waals surface area contributed by atoms with Crippen LogP contribution in [0.1, 0.15) is 15.2 Å². The summed E-state index contributed by atoms with van der Waals surface area (Å²) < 4.78 is 0. The maximum absolute atomic E-state index is 11.8. The van der Waals surface area contributed by atoms with Gasteiger partial charge in [-0.05, 0) is 35.2 Å². The summed E-state index contributed by atoms with van der Waals surface area (Å²) in [6, 6.07) is 11.8. The van der Waals surface area contributed by atoms with Crippen molar-refractivity contribution in [1.29, 1.82) is 0 Å². The molecule has 92 valence electrons. The number of nitrogens with zero attached hydrogens (tertiary/aromatic N) is 1. The maximum atomic E-state index is 11.8. The molecular formula is C15H15NOS. The molecule has 2 aromatic rings. The summed E-state index contributed by atoms with van der Waals surface area (Å²) in [6.45, 7) is 0. The van der Waals surface area contributed by atoms with Gasteiger partial charge in [0.25, 0.3) is 0 Å². The Bertz CT molecular complexity index is 538. The van der Waals surface area contributed by atoms with E-state index in [4.69, 9.17) is 0 Å². The van der Waals surface area contributed by atoms with E-state index >= 15 is 0 Å². The Morgan fingerprint density at radius 1 is 1.17 bits per heavy atom. The predicted molar refractivity (Wildman–Crippen MR) is 78.5 cm³/mol. The van der Waals surface area contributed by atoms with Crippen LogP contribution in [0.5, 0.6) is 0 Å². The average molecular weight is 257 g/mol. The fourth-order valence-electron chi connectivity index (χ4n) is 1.56. The molecule has 0 saturated carbocycles. The summed E-state index contributed by atoms with van der Waals surface area (Å²) in [5.41, 5.74) is 2.18. The lowest BCUT2D eigenvalue weighted by Gasteiger charge is -2.11. The van der Waals surface area contributed by atoms with Crippen molar-refractivity contribution in [1.82, 2.24) is 0 Å². The van der Waals surface area contributed by atoms with Crippen molar-refractivity contribution in [2.24, 2.45) is 0 Å². The number of benzene rings is 1. The van der Waals surface area contributed by atoms with E-state index < -0.39 is 0 Å². The summed E-state index contributed by atoms with van der Waals surface area (Å²) in [4.78, 5) is 14.6. The zero-order valence-corrected chi connectivity index (χ0v) is 11.3. The fraction of sp³-hybridized carbons (Fsp3) is 0.133. The Balaban J connectivity index is 2.07. The predicted octanol–water partition coefficient (Wildman–Crippen LogP) is 3.71. The zero-order chi connectivity index (χ0) is 13.0. The first kappa shape index (κ1) is 12.6. The summed E-state index contributed by atoms with van der Waals surface area (Å²) >= 11 is 1.47. The Kier molecular flexibility index (Phi) is 3.95. The van der Waals surface area contributed by atoms with Gasteiger partial charge >= 0.3 is 0 Å². The van der Waals surface area contributed by atoms with Crippen LogP contribution in [0.25, 0.3) is 6.08 Å². The first-order valence-corrected chi connectivity index (χ1v) is 6.58. The molecule has 0 N–H and O–H groups in total. The molecule has 0 aliphatic carbocycles. The van der Waals surface area contributed by atoms with E-state index in [-0.39, 0.29) is 5.78 Å². The topological polar surface area (TPSA) is 20.3 Å². The lowest BCUT2D eigenvalue weighted by atomic mass is 10.1. The molecule has 0 radical (unpaired) electrons. The lowest BCUT2D eigenvalue weighted by Crippen LogP contribution is -2.07. The first-order valence-electron chi connectivity index (χ1n) is 5.70. The van der Waals surface area contributed by atoms with Crippen molar-refractivity contribution in [2.45, 2.75) is 0 Å². The van der Waals surface area contributed by atoms with Crippen LogP contribution < -0.4 is 4.90 Å². The standard InChI is InChI=1S/C15H15NOS/c1-16(2)13-8-5-12(6-9-13)7-10-14(17)15-4-3-11-18-15/h3-11H,1-2H3/b10-7-. The van der Waals surface area contributed by atoms with Crippen LogP contribution in [0.4, 0.5) is 5.69 Å². The molecule has 0 atom stereocenters. The van der Waals surface area contributed by atoms with Crippen LogP contribution in [0.2, 0.25) is 0 Å². The zero-order valence-electron chi connectivity index (χ0n) is 10.5. The van der Waals surface area contributed by atoms with E-state index in [2.05, 4.69) is 0 Å². The van der Waals surface area contributed by atoms with Crippen LogP contribution in [-0.4, -0.2) is 19.9 Å². The minimum atomic E-state index is 0.0571. The molecule has 1 aromatic carbocycles. The van der Waals surface area contributed by atoms with Gasteiger partial charge in [0.05, 0.1) is 4.88 Å². The van der Waals surface area contributed by atoms with Crippen LogP contribution in [0.3, 0.4) is 0 Å². The number of hydrogen-bond donors (Lipinski definition) is 0. The lowest BCUT2D eigenvalue weighted by molar-refractivity contribution is 0.105. The van der Waals surface area contributed by atoms with E-state index in [1.54, 1.807) is 6.08 Å². The molecule has 0 aliphatic rings. The van der Waals surface area contributed by atoms with E-state index in [0.29, 0.717) is 0 Å². The highest BCUT2D eigenvalue weighted by Gasteiger charge is 2.01. The molecular weight excluding hydrogens is 242 g/mol. The van der Waals surface area contributed by atoms with Gasteiger partial charge in [0.2, 0.25) is 0 Å². The average Bonchev–Trinajstić information content (AvgIpc) is 2.90. The Hall–Kier alpha value is -1.87. The molecule has 1 heterocycles. The highest BCUT2D eigenvalue weighted by atomic mass is 32.1. The number of carbonyl (C=O) groups excluding carboxylic acids is 1. The van der Waals surface area contributed by atoms with Gasteiger partial charge in [-0.3, -0.25) is 4.79 Å². The second-order valence-corrected chi connectivity index (χ2v) is 5.11. The number of anilines is 1. The van der Waals surface area contributed by atoms with Gasteiger partial charge in [-0.2, -0.15) is 0 Å². The third kappa shape index (κ3) is 3.08. The molecule has 1 aromatic heterocycles. The van der Waals surface area contributed by atoms with Crippen LogP contribution in [-0.2, 0) is 0 Å². The van der Waals surface area contributed by atoms with Crippen molar-refractivity contribution in [3.05, 3.63) is 58.3 Å². The van der Waals surface area contributed by atoms with Crippen molar-refractivity contribution in [2.75, 3.05) is 19.0 Å². The van der Waals surface area contributed by atoms with Crippen LogP contribution in [0.15, 0.2) is 47.9 Å². The second-order valence-electron chi connectivity index (χ2n) is 4.16. The third-order valence-corrected chi connectivity index (χ3v) is 3.49. The van der Waals surface area contributed by atoms with Crippen molar-refractivity contribution in [3.8, 4) is 0 Å². The molecule has 0 amide bonds. The highest BCUT2D eigenvalue weighted by molar-refractivity contribution is 7.12. The van der Waals surface area contributed by atoms with Gasteiger partial charge in [-0.25, -0.2) is 0 Å². The number of thiophene rings is 1. The molecule has 0 fully saturated rings. The number of ketones is 1. The number of allylic oxidation sites excluding steroid dienone is 1. The molecule has 0 bridgehead atoms. The molecule has 18 heavy (non-hydrogen) atoms. The smallest absolute Gasteiger partial charge is 0.195 e. The minimum Gasteiger partial charge on any atom is -0.378 e. The molecule has 0 spiro atoms. The van der Waals surface area contributed by atoms with Crippen molar-refractivity contribution >= 4 is 28.9 Å². The van der Waals surface area contributed by atoms with Gasteiger partial charge in [-0.15, -0.1) is 11.3 Å². The quantitative estimate of drug-likeness (QED) is 0.614. The number of rotatable bonds is 4. The summed E-state index contributed by atoms with van der Waals surface area (Å²) in [5.74, 6) is 0.0571. The van der Waals surface area contributed by atoms with Crippen LogP contribution >= 0.6 is 11.3 Å². The summed E-state index contributed by atoms with van der Waals surface area (Å²) in [5, 5.41) is 1.91. The molecule has 0 unspecified atom stereocenters. The number of carbonyl (C=O) groups is 1.